The van der Waals surface area contributed by atoms with E-state index in [2.05, 4.69) is 10.6 Å². The van der Waals surface area contributed by atoms with Crippen LogP contribution >= 0.6 is 0 Å². The van der Waals surface area contributed by atoms with Crippen LogP contribution in [0.15, 0.2) is 18.2 Å². The second kappa shape index (κ2) is 8.32. The predicted molar refractivity (Wildman–Crippen MR) is 81.6 cm³/mol. The molecule has 0 saturated heterocycles. The zero-order valence-electron chi connectivity index (χ0n) is 12.2. The first-order valence-electron chi connectivity index (χ1n) is 6.97. The number of unbranched alkanes of at least 4 members (excludes halogenated alkanes) is 1. The summed E-state index contributed by atoms with van der Waals surface area (Å²) in [6.07, 6.45) is 2.52. The summed E-state index contributed by atoms with van der Waals surface area (Å²) in [6.45, 7) is 4.28. The minimum absolute atomic E-state index is 0.0273. The van der Waals surface area contributed by atoms with Crippen molar-refractivity contribution < 1.29 is 9.59 Å². The number of nitrogens with one attached hydrogen (secondary N) is 2. The van der Waals surface area contributed by atoms with Gasteiger partial charge in [-0.05, 0) is 44.0 Å². The van der Waals surface area contributed by atoms with Gasteiger partial charge in [-0.3, -0.25) is 9.59 Å². The normalized spacial score (nSPS) is 10.2. The number of carbonyl (C=O) groups excluding carboxylic acids is 2. The predicted octanol–water partition coefficient (Wildman–Crippen LogP) is 2.41. The van der Waals surface area contributed by atoms with E-state index >= 15 is 0 Å². The maximum atomic E-state index is 11.8. The molecule has 0 spiro atoms. The number of nitrogens with two attached hydrogens (primary N) is 1. The lowest BCUT2D eigenvalue weighted by atomic mass is 10.1. The van der Waals surface area contributed by atoms with Crippen molar-refractivity contribution >= 4 is 23.2 Å². The molecule has 0 atom stereocenters. The van der Waals surface area contributed by atoms with Crippen LogP contribution in [0.3, 0.4) is 0 Å². The van der Waals surface area contributed by atoms with Crippen LogP contribution in [-0.4, -0.2) is 18.4 Å². The van der Waals surface area contributed by atoms with E-state index < -0.39 is 0 Å². The van der Waals surface area contributed by atoms with Crippen molar-refractivity contribution in [1.29, 1.82) is 0 Å². The number of rotatable bonds is 7. The van der Waals surface area contributed by atoms with Crippen LogP contribution in [0.2, 0.25) is 0 Å². The summed E-state index contributed by atoms with van der Waals surface area (Å²) in [5.74, 6) is -0.0694. The van der Waals surface area contributed by atoms with Crippen molar-refractivity contribution in [2.75, 3.05) is 17.2 Å². The summed E-state index contributed by atoms with van der Waals surface area (Å²) in [6, 6.07) is 5.47. The lowest BCUT2D eigenvalue weighted by Crippen LogP contribution is -2.15. The van der Waals surface area contributed by atoms with Crippen LogP contribution in [0.1, 0.15) is 38.2 Å². The molecule has 0 saturated carbocycles. The molecule has 0 aliphatic heterocycles. The second-order valence-corrected chi connectivity index (χ2v) is 4.67. The van der Waals surface area contributed by atoms with Crippen molar-refractivity contribution in [2.24, 2.45) is 5.73 Å². The molecule has 2 amide bonds. The number of benzene rings is 1. The van der Waals surface area contributed by atoms with Crippen LogP contribution in [0, 0.1) is 6.92 Å². The van der Waals surface area contributed by atoms with Crippen molar-refractivity contribution in [3.8, 4) is 0 Å². The van der Waals surface area contributed by atoms with Crippen LogP contribution in [0.4, 0.5) is 11.4 Å². The van der Waals surface area contributed by atoms with Crippen LogP contribution in [-0.2, 0) is 9.59 Å². The summed E-state index contributed by atoms with van der Waals surface area (Å²) in [5, 5.41) is 5.69. The Morgan fingerprint density at radius 3 is 2.25 bits per heavy atom. The summed E-state index contributed by atoms with van der Waals surface area (Å²) >= 11 is 0. The van der Waals surface area contributed by atoms with Crippen molar-refractivity contribution in [3.05, 3.63) is 23.8 Å². The Morgan fingerprint density at radius 2 is 1.70 bits per heavy atom. The number of hydrogen-bond donors (Lipinski definition) is 3. The molecule has 1 rings (SSSR count). The highest BCUT2D eigenvalue weighted by molar-refractivity contribution is 5.95. The molecule has 0 radical (unpaired) electrons. The lowest BCUT2D eigenvalue weighted by Gasteiger charge is -2.13. The molecule has 1 aromatic rings. The van der Waals surface area contributed by atoms with Crippen molar-refractivity contribution in [1.82, 2.24) is 0 Å². The third kappa shape index (κ3) is 5.01. The fourth-order valence-electron chi connectivity index (χ4n) is 1.79. The Balaban J connectivity index is 2.68. The molecule has 4 N–H and O–H groups in total. The Hall–Kier alpha value is -1.88. The van der Waals surface area contributed by atoms with Gasteiger partial charge in [0.2, 0.25) is 11.8 Å². The fraction of sp³-hybridized carbons (Fsp3) is 0.467. The lowest BCUT2D eigenvalue weighted by molar-refractivity contribution is -0.116. The van der Waals surface area contributed by atoms with E-state index in [-0.39, 0.29) is 11.8 Å². The SMILES string of the molecule is CCC(=O)Nc1cccc(NC(=O)CCCCN)c1C. The zero-order chi connectivity index (χ0) is 15.0. The Bertz CT molecular complexity index is 472. The van der Waals surface area contributed by atoms with E-state index in [0.717, 1.165) is 29.8 Å². The first-order valence-corrected chi connectivity index (χ1v) is 6.97. The van der Waals surface area contributed by atoms with Gasteiger partial charge in [-0.15, -0.1) is 0 Å². The number of hydrogen-bond acceptors (Lipinski definition) is 3. The van der Waals surface area contributed by atoms with Crippen molar-refractivity contribution in [3.63, 3.8) is 0 Å². The molecule has 0 unspecified atom stereocenters. The molecule has 5 heteroatoms. The van der Waals surface area contributed by atoms with Gasteiger partial charge in [0.15, 0.2) is 0 Å². The molecule has 0 aromatic heterocycles. The molecular formula is C15H23N3O2. The van der Waals surface area contributed by atoms with Crippen LogP contribution in [0.5, 0.6) is 0 Å². The third-order valence-electron chi connectivity index (χ3n) is 3.06. The molecule has 5 nitrogen and oxygen atoms in total. The smallest absolute Gasteiger partial charge is 0.224 e. The highest BCUT2D eigenvalue weighted by atomic mass is 16.2. The second-order valence-electron chi connectivity index (χ2n) is 4.67. The molecule has 110 valence electrons. The Morgan fingerprint density at radius 1 is 1.10 bits per heavy atom. The van der Waals surface area contributed by atoms with E-state index in [1.807, 2.05) is 25.1 Å². The van der Waals surface area contributed by atoms with Gasteiger partial charge < -0.3 is 16.4 Å². The molecule has 0 heterocycles. The first-order chi connectivity index (χ1) is 9.58. The van der Waals surface area contributed by atoms with E-state index in [0.29, 0.717) is 19.4 Å². The van der Waals surface area contributed by atoms with Gasteiger partial charge in [-0.25, -0.2) is 0 Å². The molecule has 0 bridgehead atoms. The minimum Gasteiger partial charge on any atom is -0.330 e. The summed E-state index contributed by atoms with van der Waals surface area (Å²) < 4.78 is 0. The molecular weight excluding hydrogens is 254 g/mol. The van der Waals surface area contributed by atoms with E-state index in [4.69, 9.17) is 5.73 Å². The van der Waals surface area contributed by atoms with Gasteiger partial charge in [0.05, 0.1) is 0 Å². The van der Waals surface area contributed by atoms with E-state index in [1.165, 1.54) is 0 Å². The number of carbonyl (C=O) groups is 2. The summed E-state index contributed by atoms with van der Waals surface area (Å²) in [4.78, 5) is 23.2. The average molecular weight is 277 g/mol. The quantitative estimate of drug-likeness (QED) is 0.669. The van der Waals surface area contributed by atoms with Crippen molar-refractivity contribution in [2.45, 2.75) is 39.5 Å². The Labute approximate surface area is 119 Å². The molecule has 0 fully saturated rings. The molecule has 0 aliphatic carbocycles. The molecule has 1 aromatic carbocycles. The zero-order valence-corrected chi connectivity index (χ0v) is 12.2. The van der Waals surface area contributed by atoms with Gasteiger partial charge in [-0.1, -0.05) is 13.0 Å². The van der Waals surface area contributed by atoms with Gasteiger partial charge in [0.25, 0.3) is 0 Å². The molecule has 20 heavy (non-hydrogen) atoms. The van der Waals surface area contributed by atoms with Crippen LogP contribution < -0.4 is 16.4 Å². The maximum absolute atomic E-state index is 11.8. The Kier molecular flexibility index (Phi) is 6.73. The highest BCUT2D eigenvalue weighted by Gasteiger charge is 2.09. The monoisotopic (exact) mass is 277 g/mol. The standard InChI is InChI=1S/C15H23N3O2/c1-3-14(19)17-12-7-6-8-13(11(12)2)18-15(20)9-4-5-10-16/h6-8H,3-5,9-10,16H2,1-2H3,(H,17,19)(H,18,20). The number of anilines is 2. The molecule has 0 aliphatic rings. The van der Waals surface area contributed by atoms with Gasteiger partial charge >= 0.3 is 0 Å². The average Bonchev–Trinajstić information content (AvgIpc) is 2.43. The van der Waals surface area contributed by atoms with E-state index in [9.17, 15) is 9.59 Å². The summed E-state index contributed by atoms with van der Waals surface area (Å²) in [7, 11) is 0. The fourth-order valence-corrected chi connectivity index (χ4v) is 1.79. The van der Waals surface area contributed by atoms with E-state index in [1.54, 1.807) is 6.92 Å². The summed E-state index contributed by atoms with van der Waals surface area (Å²) in [5.41, 5.74) is 7.73. The first kappa shape index (κ1) is 16.2. The van der Waals surface area contributed by atoms with Gasteiger partial charge in [0.1, 0.15) is 0 Å². The highest BCUT2D eigenvalue weighted by Crippen LogP contribution is 2.23. The third-order valence-corrected chi connectivity index (χ3v) is 3.06. The van der Waals surface area contributed by atoms with Gasteiger partial charge in [0, 0.05) is 24.2 Å². The maximum Gasteiger partial charge on any atom is 0.224 e. The van der Waals surface area contributed by atoms with Gasteiger partial charge in [-0.2, -0.15) is 0 Å². The number of amides is 2. The largest absolute Gasteiger partial charge is 0.330 e. The van der Waals surface area contributed by atoms with Crippen LogP contribution in [0.25, 0.3) is 0 Å². The topological polar surface area (TPSA) is 84.2 Å². The minimum atomic E-state index is -0.0421.